The highest BCUT2D eigenvalue weighted by Gasteiger charge is 2.33. The Hall–Kier alpha value is -1.31. The Morgan fingerprint density at radius 3 is 2.89 bits per heavy atom. The molecule has 0 aromatic carbocycles. The highest BCUT2D eigenvalue weighted by atomic mass is 32.1. The maximum absolute atomic E-state index is 12.5. The molecule has 1 aliphatic carbocycles. The summed E-state index contributed by atoms with van der Waals surface area (Å²) >= 11 is 1.49. The number of nitrogens with zero attached hydrogens (tertiary/aromatic N) is 1. The molecule has 0 bridgehead atoms. The Labute approximate surface area is 118 Å². The second-order valence-corrected chi connectivity index (χ2v) is 5.91. The van der Waals surface area contributed by atoms with Gasteiger partial charge in [0.15, 0.2) is 0 Å². The fourth-order valence-electron chi connectivity index (χ4n) is 2.06. The lowest BCUT2D eigenvalue weighted by Gasteiger charge is -2.20. The van der Waals surface area contributed by atoms with E-state index in [1.165, 1.54) is 11.3 Å². The highest BCUT2D eigenvalue weighted by Crippen LogP contribution is 2.30. The molecule has 1 heterocycles. The lowest BCUT2D eigenvalue weighted by molar-refractivity contribution is 0.0748. The number of hydrogen-bond acceptors (Lipinski definition) is 3. The van der Waals surface area contributed by atoms with Crippen LogP contribution in [-0.2, 0) is 0 Å². The van der Waals surface area contributed by atoms with Gasteiger partial charge in [0.05, 0.1) is 16.3 Å². The molecule has 0 spiro atoms. The molecule has 0 unspecified atom stereocenters. The minimum atomic E-state index is 0.165. The van der Waals surface area contributed by atoms with E-state index in [-0.39, 0.29) is 5.91 Å². The van der Waals surface area contributed by atoms with Crippen LogP contribution >= 0.6 is 11.3 Å². The predicted molar refractivity (Wildman–Crippen MR) is 79.3 cm³/mol. The van der Waals surface area contributed by atoms with Gasteiger partial charge in [0.1, 0.15) is 0 Å². The van der Waals surface area contributed by atoms with Crippen LogP contribution in [0.1, 0.15) is 46.3 Å². The second-order valence-electron chi connectivity index (χ2n) is 4.86. The lowest BCUT2D eigenvalue weighted by atomic mass is 10.2. The van der Waals surface area contributed by atoms with E-state index in [4.69, 9.17) is 5.73 Å². The van der Waals surface area contributed by atoms with Crippen molar-refractivity contribution in [3.05, 3.63) is 21.4 Å². The minimum absolute atomic E-state index is 0.165. The molecule has 0 aliphatic heterocycles. The number of carbonyl (C=O) groups is 1. The van der Waals surface area contributed by atoms with Crippen molar-refractivity contribution in [1.82, 2.24) is 4.90 Å². The number of nitrogens with two attached hydrogens (primary N) is 1. The topological polar surface area (TPSA) is 46.3 Å². The number of rotatable bonds is 4. The molecule has 102 valence electrons. The van der Waals surface area contributed by atoms with Gasteiger partial charge in [-0.3, -0.25) is 4.79 Å². The molecule has 1 aliphatic rings. The molecule has 1 aromatic heterocycles. The molecule has 4 heteroatoms. The minimum Gasteiger partial charge on any atom is -0.335 e. The Kier molecular flexibility index (Phi) is 4.62. The van der Waals surface area contributed by atoms with Crippen molar-refractivity contribution < 1.29 is 4.79 Å². The van der Waals surface area contributed by atoms with Gasteiger partial charge in [-0.05, 0) is 37.8 Å². The van der Waals surface area contributed by atoms with Crippen LogP contribution in [0.25, 0.3) is 0 Å². The lowest BCUT2D eigenvalue weighted by Crippen LogP contribution is -2.33. The van der Waals surface area contributed by atoms with Crippen molar-refractivity contribution in [3.8, 4) is 11.8 Å². The van der Waals surface area contributed by atoms with E-state index in [0.29, 0.717) is 12.6 Å². The van der Waals surface area contributed by atoms with Crippen molar-refractivity contribution in [1.29, 1.82) is 0 Å². The molecule has 2 rings (SSSR count). The summed E-state index contributed by atoms with van der Waals surface area (Å²) in [4.78, 5) is 16.3. The molecule has 0 atom stereocenters. The van der Waals surface area contributed by atoms with Gasteiger partial charge in [-0.1, -0.05) is 18.8 Å². The first-order chi connectivity index (χ1) is 9.17. The van der Waals surface area contributed by atoms with Gasteiger partial charge in [-0.2, -0.15) is 0 Å². The molecule has 0 saturated heterocycles. The zero-order valence-electron chi connectivity index (χ0n) is 11.5. The molecular formula is C15H20N2OS. The highest BCUT2D eigenvalue weighted by molar-refractivity contribution is 7.14. The van der Waals surface area contributed by atoms with Gasteiger partial charge in [0, 0.05) is 12.6 Å². The molecule has 19 heavy (non-hydrogen) atoms. The first kappa shape index (κ1) is 14.1. The number of amides is 1. The van der Waals surface area contributed by atoms with Gasteiger partial charge < -0.3 is 10.6 Å². The third-order valence-electron chi connectivity index (χ3n) is 3.15. The van der Waals surface area contributed by atoms with Crippen molar-refractivity contribution >= 4 is 17.2 Å². The second kappa shape index (κ2) is 6.23. The third-order valence-corrected chi connectivity index (χ3v) is 4.29. The monoisotopic (exact) mass is 276 g/mol. The molecule has 3 nitrogen and oxygen atoms in total. The number of aryl methyl sites for hydroxylation is 1. The number of carbonyl (C=O) groups excluding carboxylic acids is 1. The summed E-state index contributed by atoms with van der Waals surface area (Å²) < 4.78 is 0. The van der Waals surface area contributed by atoms with E-state index in [2.05, 4.69) is 18.8 Å². The molecule has 1 amide bonds. The summed E-state index contributed by atoms with van der Waals surface area (Å²) in [5.41, 5.74) is 6.46. The Morgan fingerprint density at radius 2 is 2.32 bits per heavy atom. The van der Waals surface area contributed by atoms with Crippen molar-refractivity contribution in [2.45, 2.75) is 39.2 Å². The Bertz CT molecular complexity index is 520. The summed E-state index contributed by atoms with van der Waals surface area (Å²) in [5, 5.41) is 0. The van der Waals surface area contributed by atoms with Gasteiger partial charge >= 0.3 is 0 Å². The van der Waals surface area contributed by atoms with Crippen molar-refractivity contribution in [2.75, 3.05) is 13.1 Å². The fourth-order valence-corrected chi connectivity index (χ4v) is 3.06. The Morgan fingerprint density at radius 1 is 1.58 bits per heavy atom. The van der Waals surface area contributed by atoms with Crippen molar-refractivity contribution in [3.63, 3.8) is 0 Å². The standard InChI is InChI=1S/C15H20N2OS/c1-3-9-17(12-6-7-12)15(18)14-10-11(2)13(19-14)5-4-8-16/h10,12H,3,6-9,16H2,1-2H3. The summed E-state index contributed by atoms with van der Waals surface area (Å²) in [6.45, 7) is 5.31. The molecule has 1 aromatic rings. The maximum atomic E-state index is 12.5. The molecule has 1 saturated carbocycles. The van der Waals surface area contributed by atoms with Crippen LogP contribution in [0.15, 0.2) is 6.07 Å². The van der Waals surface area contributed by atoms with E-state index >= 15 is 0 Å². The normalized spacial score (nSPS) is 13.8. The Balaban J connectivity index is 2.18. The molecule has 2 N–H and O–H groups in total. The van der Waals surface area contributed by atoms with Crippen LogP contribution in [0.5, 0.6) is 0 Å². The van der Waals surface area contributed by atoms with Crippen LogP contribution in [0.2, 0.25) is 0 Å². The zero-order valence-corrected chi connectivity index (χ0v) is 12.3. The summed E-state index contributed by atoms with van der Waals surface area (Å²) in [5.74, 6) is 6.05. The largest absolute Gasteiger partial charge is 0.335 e. The SMILES string of the molecule is CCCN(C(=O)c1cc(C)c(C#CCN)s1)C1CC1. The first-order valence-corrected chi connectivity index (χ1v) is 7.59. The van der Waals surface area contributed by atoms with Crippen LogP contribution < -0.4 is 5.73 Å². The molecule has 0 radical (unpaired) electrons. The van der Waals surface area contributed by atoms with E-state index in [0.717, 1.165) is 41.1 Å². The van der Waals surface area contributed by atoms with Gasteiger partial charge in [0.25, 0.3) is 5.91 Å². The first-order valence-electron chi connectivity index (χ1n) is 6.77. The maximum Gasteiger partial charge on any atom is 0.264 e. The van der Waals surface area contributed by atoms with Gasteiger partial charge in [0.2, 0.25) is 0 Å². The van der Waals surface area contributed by atoms with E-state index < -0.39 is 0 Å². The van der Waals surface area contributed by atoms with Crippen LogP contribution in [0, 0.1) is 18.8 Å². The van der Waals surface area contributed by atoms with E-state index in [9.17, 15) is 4.79 Å². The summed E-state index contributed by atoms with van der Waals surface area (Å²) in [6, 6.07) is 2.42. The van der Waals surface area contributed by atoms with Crippen LogP contribution in [0.3, 0.4) is 0 Å². The van der Waals surface area contributed by atoms with Gasteiger partial charge in [-0.25, -0.2) is 0 Å². The van der Waals surface area contributed by atoms with Crippen LogP contribution in [0.4, 0.5) is 0 Å². The number of thiophene rings is 1. The summed E-state index contributed by atoms with van der Waals surface area (Å²) in [7, 11) is 0. The predicted octanol–water partition coefficient (Wildman–Crippen LogP) is 2.38. The quantitative estimate of drug-likeness (QED) is 0.858. The average molecular weight is 276 g/mol. The number of hydrogen-bond donors (Lipinski definition) is 1. The van der Waals surface area contributed by atoms with Gasteiger partial charge in [-0.15, -0.1) is 11.3 Å². The van der Waals surface area contributed by atoms with E-state index in [1.807, 2.05) is 17.9 Å². The van der Waals surface area contributed by atoms with Crippen LogP contribution in [-0.4, -0.2) is 29.9 Å². The molecular weight excluding hydrogens is 256 g/mol. The smallest absolute Gasteiger partial charge is 0.264 e. The fraction of sp³-hybridized carbons (Fsp3) is 0.533. The summed E-state index contributed by atoms with van der Waals surface area (Å²) in [6.07, 6.45) is 3.30. The third kappa shape index (κ3) is 3.37. The zero-order chi connectivity index (χ0) is 13.8. The van der Waals surface area contributed by atoms with Crippen molar-refractivity contribution in [2.24, 2.45) is 5.73 Å². The molecule has 1 fully saturated rings. The average Bonchev–Trinajstić information content (AvgIpc) is 3.17. The van der Waals surface area contributed by atoms with E-state index in [1.54, 1.807) is 0 Å².